The largest absolute Gasteiger partial charge is 0.347 e. The number of aromatic amines is 1. The molecule has 1 aromatic carbocycles. The highest BCUT2D eigenvalue weighted by atomic mass is 32.2. The number of hydrogen-bond acceptors (Lipinski definition) is 3. The van der Waals surface area contributed by atoms with Crippen molar-refractivity contribution in [3.05, 3.63) is 48.1 Å². The van der Waals surface area contributed by atoms with Crippen LogP contribution in [0.2, 0.25) is 0 Å². The molecular formula is C10H9F2N3O2S. The first-order valence-electron chi connectivity index (χ1n) is 4.91. The summed E-state index contributed by atoms with van der Waals surface area (Å²) in [5.41, 5.74) is 0.482. The highest BCUT2D eigenvalue weighted by Crippen LogP contribution is 2.18. The molecule has 96 valence electrons. The molecular weight excluding hydrogens is 264 g/mol. The van der Waals surface area contributed by atoms with Gasteiger partial charge in [-0.25, -0.2) is 26.9 Å². The van der Waals surface area contributed by atoms with Crippen LogP contribution in [0.15, 0.2) is 35.6 Å². The van der Waals surface area contributed by atoms with Crippen LogP contribution in [0.4, 0.5) is 8.78 Å². The zero-order valence-electron chi connectivity index (χ0n) is 9.02. The van der Waals surface area contributed by atoms with Crippen molar-refractivity contribution < 1.29 is 17.2 Å². The summed E-state index contributed by atoms with van der Waals surface area (Å²) < 4.78 is 52.2. The summed E-state index contributed by atoms with van der Waals surface area (Å²) in [5, 5.41) is 0. The van der Waals surface area contributed by atoms with Crippen molar-refractivity contribution in [2.75, 3.05) is 0 Å². The maximum absolute atomic E-state index is 13.3. The quantitative estimate of drug-likeness (QED) is 0.878. The maximum Gasteiger partial charge on any atom is 0.246 e. The normalized spacial score (nSPS) is 11.7. The maximum atomic E-state index is 13.3. The number of hydrogen-bond donors (Lipinski definition) is 2. The molecule has 0 radical (unpaired) electrons. The summed E-state index contributed by atoms with van der Waals surface area (Å²) in [4.78, 5) is 5.38. The molecule has 8 heteroatoms. The van der Waals surface area contributed by atoms with Gasteiger partial charge in [0, 0.05) is 11.9 Å². The second kappa shape index (κ2) is 4.83. The molecule has 0 unspecified atom stereocenters. The molecule has 0 aliphatic carbocycles. The average molecular weight is 273 g/mol. The molecule has 0 saturated heterocycles. The Hall–Kier alpha value is -1.80. The molecule has 1 aromatic heterocycles. The van der Waals surface area contributed by atoms with E-state index in [1.807, 2.05) is 0 Å². The van der Waals surface area contributed by atoms with Crippen molar-refractivity contribution in [1.82, 2.24) is 14.7 Å². The lowest BCUT2D eigenvalue weighted by molar-refractivity contribution is 0.513. The third kappa shape index (κ3) is 2.54. The second-order valence-electron chi connectivity index (χ2n) is 3.45. The number of H-pyrrole nitrogens is 1. The average Bonchev–Trinajstić information content (AvgIpc) is 2.78. The Labute approximate surface area is 102 Å². The SMILES string of the molecule is O=S(=O)(NCc1cnc[nH]1)c1c(F)cccc1F. The molecule has 0 spiro atoms. The number of rotatable bonds is 4. The minimum Gasteiger partial charge on any atom is -0.347 e. The zero-order chi connectivity index (χ0) is 13.2. The lowest BCUT2D eigenvalue weighted by Gasteiger charge is -2.07. The number of aromatic nitrogens is 2. The molecule has 0 atom stereocenters. The Morgan fingerprint density at radius 2 is 1.94 bits per heavy atom. The zero-order valence-corrected chi connectivity index (χ0v) is 9.84. The predicted octanol–water partition coefficient (Wildman–Crippen LogP) is 1.17. The predicted molar refractivity (Wildman–Crippen MR) is 59.0 cm³/mol. The van der Waals surface area contributed by atoms with Gasteiger partial charge in [0.15, 0.2) is 4.90 Å². The van der Waals surface area contributed by atoms with Crippen molar-refractivity contribution >= 4 is 10.0 Å². The second-order valence-corrected chi connectivity index (χ2v) is 5.16. The Balaban J connectivity index is 2.26. The van der Waals surface area contributed by atoms with E-state index in [2.05, 4.69) is 14.7 Å². The minimum absolute atomic E-state index is 0.129. The molecule has 0 fully saturated rings. The molecule has 2 N–H and O–H groups in total. The van der Waals surface area contributed by atoms with Crippen LogP contribution in [0.5, 0.6) is 0 Å². The number of sulfonamides is 1. The molecule has 18 heavy (non-hydrogen) atoms. The molecule has 0 aliphatic heterocycles. The van der Waals surface area contributed by atoms with Crippen LogP contribution < -0.4 is 4.72 Å². The molecule has 0 bridgehead atoms. The van der Waals surface area contributed by atoms with Gasteiger partial charge in [0.05, 0.1) is 12.9 Å². The molecule has 5 nitrogen and oxygen atoms in total. The van der Waals surface area contributed by atoms with E-state index in [-0.39, 0.29) is 6.54 Å². The highest BCUT2D eigenvalue weighted by molar-refractivity contribution is 7.89. The topological polar surface area (TPSA) is 74.8 Å². The van der Waals surface area contributed by atoms with Crippen LogP contribution >= 0.6 is 0 Å². The molecule has 2 aromatic rings. The highest BCUT2D eigenvalue weighted by Gasteiger charge is 2.23. The molecule has 0 aliphatic rings. The van der Waals surface area contributed by atoms with Gasteiger partial charge in [-0.3, -0.25) is 0 Å². The van der Waals surface area contributed by atoms with Gasteiger partial charge in [0.1, 0.15) is 11.6 Å². The standard InChI is InChI=1S/C10H9F2N3O2S/c11-8-2-1-3-9(12)10(8)18(16,17)15-5-7-4-13-6-14-7/h1-4,6,15H,5H2,(H,13,14). The number of nitrogens with one attached hydrogen (secondary N) is 2. The molecule has 1 heterocycles. The Morgan fingerprint density at radius 1 is 1.28 bits per heavy atom. The molecule has 0 amide bonds. The van der Waals surface area contributed by atoms with Crippen molar-refractivity contribution in [1.29, 1.82) is 0 Å². The van der Waals surface area contributed by atoms with Crippen molar-refractivity contribution in [3.8, 4) is 0 Å². The van der Waals surface area contributed by atoms with Crippen LogP contribution in [-0.4, -0.2) is 18.4 Å². The van der Waals surface area contributed by atoms with Crippen LogP contribution in [0.3, 0.4) is 0 Å². The summed E-state index contributed by atoms with van der Waals surface area (Å²) in [7, 11) is -4.25. The third-order valence-corrected chi connectivity index (χ3v) is 3.65. The van der Waals surface area contributed by atoms with Gasteiger partial charge in [0.2, 0.25) is 10.0 Å². The van der Waals surface area contributed by atoms with E-state index in [1.165, 1.54) is 12.5 Å². The first-order valence-corrected chi connectivity index (χ1v) is 6.40. The molecule has 2 rings (SSSR count). The lowest BCUT2D eigenvalue weighted by atomic mass is 10.3. The Bertz CT molecular complexity index is 621. The lowest BCUT2D eigenvalue weighted by Crippen LogP contribution is -2.25. The van der Waals surface area contributed by atoms with Gasteiger partial charge in [0.25, 0.3) is 0 Å². The van der Waals surface area contributed by atoms with Gasteiger partial charge in [-0.1, -0.05) is 6.07 Å². The van der Waals surface area contributed by atoms with Crippen LogP contribution in [0, 0.1) is 11.6 Å². The van der Waals surface area contributed by atoms with E-state index in [4.69, 9.17) is 0 Å². The van der Waals surface area contributed by atoms with Gasteiger partial charge in [-0.15, -0.1) is 0 Å². The Kier molecular flexibility index (Phi) is 3.39. The van der Waals surface area contributed by atoms with Crippen LogP contribution in [0.1, 0.15) is 5.69 Å². The van der Waals surface area contributed by atoms with E-state index in [0.29, 0.717) is 5.69 Å². The van der Waals surface area contributed by atoms with E-state index >= 15 is 0 Å². The summed E-state index contributed by atoms with van der Waals surface area (Å²) in [5.74, 6) is -2.26. The van der Waals surface area contributed by atoms with Gasteiger partial charge in [-0.2, -0.15) is 0 Å². The summed E-state index contributed by atoms with van der Waals surface area (Å²) in [6, 6.07) is 2.86. The summed E-state index contributed by atoms with van der Waals surface area (Å²) in [6.45, 7) is -0.129. The first kappa shape index (κ1) is 12.7. The first-order chi connectivity index (χ1) is 8.50. The fraction of sp³-hybridized carbons (Fsp3) is 0.100. The third-order valence-electron chi connectivity index (χ3n) is 2.20. The van der Waals surface area contributed by atoms with Gasteiger partial charge >= 0.3 is 0 Å². The van der Waals surface area contributed by atoms with Crippen molar-refractivity contribution in [2.24, 2.45) is 0 Å². The van der Waals surface area contributed by atoms with E-state index in [0.717, 1.165) is 18.2 Å². The Morgan fingerprint density at radius 3 is 2.50 bits per heavy atom. The number of halogens is 2. The number of benzene rings is 1. The van der Waals surface area contributed by atoms with Crippen LogP contribution in [-0.2, 0) is 16.6 Å². The summed E-state index contributed by atoms with van der Waals surface area (Å²) in [6.07, 6.45) is 2.77. The molecule has 0 saturated carbocycles. The van der Waals surface area contributed by atoms with Gasteiger partial charge in [-0.05, 0) is 12.1 Å². The smallest absolute Gasteiger partial charge is 0.246 e. The monoisotopic (exact) mass is 273 g/mol. The number of nitrogens with zero attached hydrogens (tertiary/aromatic N) is 1. The van der Waals surface area contributed by atoms with E-state index in [1.54, 1.807) is 0 Å². The van der Waals surface area contributed by atoms with E-state index < -0.39 is 26.6 Å². The van der Waals surface area contributed by atoms with E-state index in [9.17, 15) is 17.2 Å². The fourth-order valence-corrected chi connectivity index (χ4v) is 2.50. The number of imidazole rings is 1. The fourth-order valence-electron chi connectivity index (χ4n) is 1.37. The van der Waals surface area contributed by atoms with Crippen molar-refractivity contribution in [2.45, 2.75) is 11.4 Å². The minimum atomic E-state index is -4.25. The van der Waals surface area contributed by atoms with Crippen LogP contribution in [0.25, 0.3) is 0 Å². The van der Waals surface area contributed by atoms with Crippen molar-refractivity contribution in [3.63, 3.8) is 0 Å². The summed E-state index contributed by atoms with van der Waals surface area (Å²) >= 11 is 0. The van der Waals surface area contributed by atoms with Gasteiger partial charge < -0.3 is 4.98 Å².